The number of nitrogens with zero attached hydrogens (tertiary/aromatic N) is 3. The van der Waals surface area contributed by atoms with E-state index < -0.39 is 0 Å². The molecule has 106 valence electrons. The summed E-state index contributed by atoms with van der Waals surface area (Å²) in [4.78, 5) is 13.1. The summed E-state index contributed by atoms with van der Waals surface area (Å²) in [6.45, 7) is 8.09. The number of anilines is 1. The van der Waals surface area contributed by atoms with Gasteiger partial charge in [0.05, 0.1) is 6.04 Å². The standard InChI is InChI=1S/C15H19ClN4/c1-9(2)14-18-11(4)19-15(20-14)17-10(3)12-5-7-13(16)8-6-12/h5-10H,1-4H3,(H,17,18,19,20). The topological polar surface area (TPSA) is 50.7 Å². The molecule has 1 aromatic carbocycles. The average molecular weight is 291 g/mol. The zero-order valence-corrected chi connectivity index (χ0v) is 12.9. The van der Waals surface area contributed by atoms with Crippen molar-refractivity contribution in [2.45, 2.75) is 39.7 Å². The Morgan fingerprint density at radius 3 is 2.25 bits per heavy atom. The van der Waals surface area contributed by atoms with Crippen molar-refractivity contribution in [1.29, 1.82) is 0 Å². The van der Waals surface area contributed by atoms with Gasteiger partial charge in [0.15, 0.2) is 0 Å². The summed E-state index contributed by atoms with van der Waals surface area (Å²) in [7, 11) is 0. The van der Waals surface area contributed by atoms with Crippen LogP contribution in [0.5, 0.6) is 0 Å². The first-order chi connectivity index (χ1) is 9.45. The molecule has 0 aliphatic heterocycles. The molecule has 0 amide bonds. The van der Waals surface area contributed by atoms with Gasteiger partial charge in [-0.2, -0.15) is 9.97 Å². The lowest BCUT2D eigenvalue weighted by atomic mass is 10.1. The predicted octanol–water partition coefficient (Wildman–Crippen LogP) is 4.13. The number of aryl methyl sites for hydroxylation is 1. The Balaban J connectivity index is 2.18. The zero-order chi connectivity index (χ0) is 14.7. The molecule has 1 N–H and O–H groups in total. The van der Waals surface area contributed by atoms with E-state index in [1.54, 1.807) is 0 Å². The van der Waals surface area contributed by atoms with Crippen molar-refractivity contribution in [1.82, 2.24) is 15.0 Å². The first-order valence-electron chi connectivity index (χ1n) is 6.70. The second-order valence-corrected chi connectivity index (χ2v) is 5.57. The molecule has 0 fully saturated rings. The molecule has 20 heavy (non-hydrogen) atoms. The van der Waals surface area contributed by atoms with Crippen LogP contribution in [-0.4, -0.2) is 15.0 Å². The third-order valence-corrected chi connectivity index (χ3v) is 3.25. The normalized spacial score (nSPS) is 12.5. The zero-order valence-electron chi connectivity index (χ0n) is 12.2. The molecule has 0 spiro atoms. The first-order valence-corrected chi connectivity index (χ1v) is 7.08. The van der Waals surface area contributed by atoms with Gasteiger partial charge in [-0.15, -0.1) is 0 Å². The quantitative estimate of drug-likeness (QED) is 0.920. The van der Waals surface area contributed by atoms with Crippen molar-refractivity contribution in [2.75, 3.05) is 5.32 Å². The highest BCUT2D eigenvalue weighted by Gasteiger charge is 2.11. The Hall–Kier alpha value is -1.68. The molecule has 1 unspecified atom stereocenters. The van der Waals surface area contributed by atoms with E-state index in [-0.39, 0.29) is 12.0 Å². The number of hydrogen-bond acceptors (Lipinski definition) is 4. The highest BCUT2D eigenvalue weighted by Crippen LogP contribution is 2.20. The van der Waals surface area contributed by atoms with E-state index in [9.17, 15) is 0 Å². The van der Waals surface area contributed by atoms with Gasteiger partial charge in [0.2, 0.25) is 5.95 Å². The van der Waals surface area contributed by atoms with Crippen LogP contribution in [0.1, 0.15) is 49.9 Å². The van der Waals surface area contributed by atoms with Crippen LogP contribution in [0.4, 0.5) is 5.95 Å². The van der Waals surface area contributed by atoms with Gasteiger partial charge in [-0.05, 0) is 31.5 Å². The Labute approximate surface area is 124 Å². The Kier molecular flexibility index (Phi) is 4.55. The third kappa shape index (κ3) is 3.67. The summed E-state index contributed by atoms with van der Waals surface area (Å²) in [5.74, 6) is 2.43. The lowest BCUT2D eigenvalue weighted by molar-refractivity contribution is 0.739. The molecule has 2 rings (SSSR count). The molecule has 0 saturated carbocycles. The molecule has 4 nitrogen and oxygen atoms in total. The second kappa shape index (κ2) is 6.18. The Morgan fingerprint density at radius 1 is 1.00 bits per heavy atom. The third-order valence-electron chi connectivity index (χ3n) is 3.00. The molecule has 2 aromatic rings. The van der Waals surface area contributed by atoms with Crippen LogP contribution in [0.15, 0.2) is 24.3 Å². The number of benzene rings is 1. The van der Waals surface area contributed by atoms with Crippen LogP contribution >= 0.6 is 11.6 Å². The van der Waals surface area contributed by atoms with E-state index in [0.717, 1.165) is 22.2 Å². The fourth-order valence-electron chi connectivity index (χ4n) is 1.85. The number of aromatic nitrogens is 3. The highest BCUT2D eigenvalue weighted by atomic mass is 35.5. The Bertz CT molecular complexity index is 581. The molecule has 0 aliphatic rings. The summed E-state index contributed by atoms with van der Waals surface area (Å²) in [6.07, 6.45) is 0. The lowest BCUT2D eigenvalue weighted by Gasteiger charge is -2.15. The van der Waals surface area contributed by atoms with Crippen LogP contribution < -0.4 is 5.32 Å². The first kappa shape index (κ1) is 14.7. The Morgan fingerprint density at radius 2 is 1.65 bits per heavy atom. The summed E-state index contributed by atoms with van der Waals surface area (Å²) >= 11 is 5.90. The summed E-state index contributed by atoms with van der Waals surface area (Å²) in [5, 5.41) is 4.04. The molecule has 0 saturated heterocycles. The van der Waals surface area contributed by atoms with Crippen molar-refractivity contribution in [3.05, 3.63) is 46.5 Å². The second-order valence-electron chi connectivity index (χ2n) is 5.14. The molecule has 1 aromatic heterocycles. The minimum Gasteiger partial charge on any atom is -0.348 e. The van der Waals surface area contributed by atoms with Gasteiger partial charge in [0, 0.05) is 10.9 Å². The molecular formula is C15H19ClN4. The van der Waals surface area contributed by atoms with Crippen molar-refractivity contribution < 1.29 is 0 Å². The van der Waals surface area contributed by atoms with Gasteiger partial charge in [0.25, 0.3) is 0 Å². The van der Waals surface area contributed by atoms with Crippen molar-refractivity contribution in [3.63, 3.8) is 0 Å². The van der Waals surface area contributed by atoms with Crippen LogP contribution in [-0.2, 0) is 0 Å². The minimum atomic E-state index is 0.106. The van der Waals surface area contributed by atoms with Crippen LogP contribution in [0, 0.1) is 6.92 Å². The minimum absolute atomic E-state index is 0.106. The van der Waals surface area contributed by atoms with Gasteiger partial charge in [0.1, 0.15) is 11.6 Å². The van der Waals surface area contributed by atoms with Gasteiger partial charge in [-0.1, -0.05) is 37.6 Å². The van der Waals surface area contributed by atoms with Gasteiger partial charge < -0.3 is 5.32 Å². The van der Waals surface area contributed by atoms with E-state index in [4.69, 9.17) is 11.6 Å². The van der Waals surface area contributed by atoms with Crippen LogP contribution in [0.2, 0.25) is 5.02 Å². The molecule has 0 aliphatic carbocycles. The highest BCUT2D eigenvalue weighted by molar-refractivity contribution is 6.30. The molecular weight excluding hydrogens is 272 g/mol. The largest absolute Gasteiger partial charge is 0.348 e. The maximum Gasteiger partial charge on any atom is 0.226 e. The molecule has 1 heterocycles. The van der Waals surface area contributed by atoms with E-state index in [0.29, 0.717) is 5.95 Å². The molecule has 0 radical (unpaired) electrons. The van der Waals surface area contributed by atoms with E-state index in [1.165, 1.54) is 0 Å². The lowest BCUT2D eigenvalue weighted by Crippen LogP contribution is -2.12. The summed E-state index contributed by atoms with van der Waals surface area (Å²) < 4.78 is 0. The monoisotopic (exact) mass is 290 g/mol. The van der Waals surface area contributed by atoms with Gasteiger partial charge in [-0.25, -0.2) is 4.98 Å². The maximum atomic E-state index is 5.90. The van der Waals surface area contributed by atoms with E-state index in [1.807, 2.05) is 31.2 Å². The number of halogens is 1. The average Bonchev–Trinajstić information content (AvgIpc) is 2.38. The molecule has 1 atom stereocenters. The van der Waals surface area contributed by atoms with Crippen molar-refractivity contribution >= 4 is 17.5 Å². The predicted molar refractivity (Wildman–Crippen MR) is 82.1 cm³/mol. The van der Waals surface area contributed by atoms with Crippen LogP contribution in [0.25, 0.3) is 0 Å². The molecule has 5 heteroatoms. The SMILES string of the molecule is Cc1nc(NC(C)c2ccc(Cl)cc2)nc(C(C)C)n1. The fraction of sp³-hybridized carbons (Fsp3) is 0.400. The van der Waals surface area contributed by atoms with Crippen LogP contribution in [0.3, 0.4) is 0 Å². The van der Waals surface area contributed by atoms with Gasteiger partial charge >= 0.3 is 0 Å². The van der Waals surface area contributed by atoms with E-state index >= 15 is 0 Å². The number of hydrogen-bond donors (Lipinski definition) is 1. The maximum absolute atomic E-state index is 5.90. The van der Waals surface area contributed by atoms with Crippen molar-refractivity contribution in [2.24, 2.45) is 0 Å². The van der Waals surface area contributed by atoms with Gasteiger partial charge in [-0.3, -0.25) is 0 Å². The molecule has 0 bridgehead atoms. The smallest absolute Gasteiger partial charge is 0.226 e. The fourth-order valence-corrected chi connectivity index (χ4v) is 1.98. The summed E-state index contributed by atoms with van der Waals surface area (Å²) in [6, 6.07) is 7.86. The summed E-state index contributed by atoms with van der Waals surface area (Å²) in [5.41, 5.74) is 1.14. The number of nitrogens with one attached hydrogen (secondary N) is 1. The number of rotatable bonds is 4. The van der Waals surface area contributed by atoms with Crippen molar-refractivity contribution in [3.8, 4) is 0 Å². The van der Waals surface area contributed by atoms with E-state index in [2.05, 4.69) is 41.0 Å².